The quantitative estimate of drug-likeness (QED) is 0.357. The molecule has 194 valence electrons. The van der Waals surface area contributed by atoms with Crippen LogP contribution >= 0.6 is 0 Å². The molecule has 0 unspecified atom stereocenters. The van der Waals surface area contributed by atoms with Crippen LogP contribution in [0.1, 0.15) is 39.4 Å². The summed E-state index contributed by atoms with van der Waals surface area (Å²) < 4.78 is 19.0. The smallest absolute Gasteiger partial charge is 0.333 e. The second-order valence-corrected chi connectivity index (χ2v) is 9.14. The zero-order valence-electron chi connectivity index (χ0n) is 21.2. The SMILES string of the molecule is COc1ccccc1[C@H](Cn1c(=O)n(C(C)(C)C(N)=O)c(=O)c2nc(-c3ncco3)cnc21)OC(C)C. The third-order valence-electron chi connectivity index (χ3n) is 5.92. The molecule has 1 aromatic carbocycles. The molecule has 37 heavy (non-hydrogen) atoms. The normalized spacial score (nSPS) is 12.7. The van der Waals surface area contributed by atoms with Crippen molar-refractivity contribution in [2.24, 2.45) is 5.73 Å². The Kier molecular flexibility index (Phi) is 6.94. The van der Waals surface area contributed by atoms with Gasteiger partial charge in [-0.1, -0.05) is 18.2 Å². The number of oxazole rings is 1. The predicted octanol–water partition coefficient (Wildman–Crippen LogP) is 2.00. The largest absolute Gasteiger partial charge is 0.496 e. The second kappa shape index (κ2) is 9.97. The number of primary amides is 1. The maximum atomic E-state index is 13.8. The highest BCUT2D eigenvalue weighted by atomic mass is 16.5. The van der Waals surface area contributed by atoms with Crippen LogP contribution in [0, 0.1) is 0 Å². The first kappa shape index (κ1) is 25.8. The van der Waals surface area contributed by atoms with Gasteiger partial charge in [0.15, 0.2) is 11.2 Å². The summed E-state index contributed by atoms with van der Waals surface area (Å²) >= 11 is 0. The number of nitrogens with two attached hydrogens (primary N) is 1. The summed E-state index contributed by atoms with van der Waals surface area (Å²) in [6, 6.07) is 7.26. The van der Waals surface area contributed by atoms with Crippen LogP contribution in [0.25, 0.3) is 22.7 Å². The van der Waals surface area contributed by atoms with Crippen molar-refractivity contribution in [1.82, 2.24) is 24.1 Å². The molecule has 0 saturated heterocycles. The number of rotatable bonds is 9. The molecule has 12 heteroatoms. The van der Waals surface area contributed by atoms with E-state index in [4.69, 9.17) is 19.6 Å². The molecular formula is C25H28N6O6. The van der Waals surface area contributed by atoms with Crippen LogP contribution in [0.15, 0.2) is 56.9 Å². The van der Waals surface area contributed by atoms with Crippen molar-refractivity contribution in [2.75, 3.05) is 7.11 Å². The van der Waals surface area contributed by atoms with Gasteiger partial charge in [-0.2, -0.15) is 0 Å². The summed E-state index contributed by atoms with van der Waals surface area (Å²) in [5.74, 6) is -0.162. The number of hydrogen-bond donors (Lipinski definition) is 1. The lowest BCUT2D eigenvalue weighted by Gasteiger charge is -2.27. The first-order valence-corrected chi connectivity index (χ1v) is 11.6. The molecule has 0 saturated carbocycles. The molecular weight excluding hydrogens is 480 g/mol. The van der Waals surface area contributed by atoms with E-state index in [1.807, 2.05) is 32.0 Å². The van der Waals surface area contributed by atoms with E-state index in [2.05, 4.69) is 15.0 Å². The Hall–Kier alpha value is -4.32. The van der Waals surface area contributed by atoms with E-state index in [1.54, 1.807) is 6.07 Å². The number of carbonyl (C=O) groups is 1. The van der Waals surface area contributed by atoms with Crippen LogP contribution in [0.3, 0.4) is 0 Å². The average molecular weight is 509 g/mol. The van der Waals surface area contributed by atoms with E-state index < -0.39 is 28.8 Å². The average Bonchev–Trinajstić information content (AvgIpc) is 3.40. The molecule has 4 rings (SSSR count). The number of nitrogens with zero attached hydrogens (tertiary/aromatic N) is 5. The maximum Gasteiger partial charge on any atom is 0.333 e. The van der Waals surface area contributed by atoms with Gasteiger partial charge in [0, 0.05) is 5.56 Å². The number of benzene rings is 1. The highest BCUT2D eigenvalue weighted by molar-refractivity contribution is 5.82. The number of aromatic nitrogens is 5. The molecule has 3 heterocycles. The van der Waals surface area contributed by atoms with Gasteiger partial charge in [0.1, 0.15) is 29.3 Å². The monoisotopic (exact) mass is 508 g/mol. The van der Waals surface area contributed by atoms with Gasteiger partial charge in [-0.15, -0.1) is 0 Å². The number of para-hydroxylation sites is 1. The zero-order chi connectivity index (χ0) is 26.9. The number of ether oxygens (including phenoxy) is 2. The second-order valence-electron chi connectivity index (χ2n) is 9.14. The molecule has 0 aliphatic heterocycles. The zero-order valence-corrected chi connectivity index (χ0v) is 21.2. The highest BCUT2D eigenvalue weighted by Crippen LogP contribution is 2.30. The van der Waals surface area contributed by atoms with E-state index in [1.165, 1.54) is 44.2 Å². The van der Waals surface area contributed by atoms with Crippen molar-refractivity contribution in [3.05, 3.63) is 69.3 Å². The first-order chi connectivity index (χ1) is 17.6. The maximum absolute atomic E-state index is 13.8. The molecule has 0 fully saturated rings. The summed E-state index contributed by atoms with van der Waals surface area (Å²) in [6.07, 6.45) is 3.25. The van der Waals surface area contributed by atoms with Gasteiger partial charge in [-0.25, -0.2) is 24.3 Å². The van der Waals surface area contributed by atoms with Crippen LogP contribution in [-0.2, 0) is 21.6 Å². The fourth-order valence-corrected chi connectivity index (χ4v) is 3.99. The molecule has 0 spiro atoms. The van der Waals surface area contributed by atoms with Crippen LogP contribution in [-0.4, -0.2) is 43.2 Å². The third kappa shape index (κ3) is 4.75. The van der Waals surface area contributed by atoms with E-state index in [0.29, 0.717) is 11.3 Å². The minimum absolute atomic E-state index is 0.00841. The molecule has 0 aliphatic rings. The molecule has 2 N–H and O–H groups in total. The van der Waals surface area contributed by atoms with Gasteiger partial charge < -0.3 is 19.6 Å². The minimum Gasteiger partial charge on any atom is -0.496 e. The van der Waals surface area contributed by atoms with Gasteiger partial charge in [0.05, 0.1) is 32.2 Å². The molecule has 4 aromatic rings. The molecule has 0 aliphatic carbocycles. The van der Waals surface area contributed by atoms with E-state index >= 15 is 0 Å². The standard InChI is InChI=1S/C25H28N6O6/c1-14(2)37-18(15-8-6-7-9-17(15)35-5)13-30-20-19(29-16(12-28-20)21-27-10-11-36-21)22(32)31(24(30)34)25(3,4)23(26)33/h6-12,14,18H,13H2,1-5H3,(H2,26,33)/t18-/m0/s1. The molecule has 0 bridgehead atoms. The summed E-state index contributed by atoms with van der Waals surface area (Å²) in [5, 5.41) is 0. The van der Waals surface area contributed by atoms with Crippen molar-refractivity contribution < 1.29 is 18.7 Å². The molecule has 1 atom stereocenters. The van der Waals surface area contributed by atoms with Gasteiger partial charge in [0.2, 0.25) is 11.8 Å². The Morgan fingerprint density at radius 2 is 1.92 bits per heavy atom. The molecule has 3 aromatic heterocycles. The van der Waals surface area contributed by atoms with E-state index in [0.717, 1.165) is 4.57 Å². The lowest BCUT2D eigenvalue weighted by molar-refractivity contribution is -0.125. The fraction of sp³-hybridized carbons (Fsp3) is 0.360. The van der Waals surface area contributed by atoms with Crippen molar-refractivity contribution in [1.29, 1.82) is 0 Å². The first-order valence-electron chi connectivity index (χ1n) is 11.6. The predicted molar refractivity (Wildman–Crippen MR) is 134 cm³/mol. The Labute approximate surface area is 211 Å². The molecule has 0 radical (unpaired) electrons. The van der Waals surface area contributed by atoms with Crippen LogP contribution in [0.2, 0.25) is 0 Å². The fourth-order valence-electron chi connectivity index (χ4n) is 3.99. The summed E-state index contributed by atoms with van der Waals surface area (Å²) in [7, 11) is 1.54. The lowest BCUT2D eigenvalue weighted by atomic mass is 10.0. The Morgan fingerprint density at radius 3 is 2.54 bits per heavy atom. The summed E-state index contributed by atoms with van der Waals surface area (Å²) in [6.45, 7) is 6.45. The molecule has 1 amide bonds. The van der Waals surface area contributed by atoms with Crippen molar-refractivity contribution in [3.63, 3.8) is 0 Å². The van der Waals surface area contributed by atoms with Crippen LogP contribution < -0.4 is 21.7 Å². The number of hydrogen-bond acceptors (Lipinski definition) is 9. The molecule has 12 nitrogen and oxygen atoms in total. The van der Waals surface area contributed by atoms with Gasteiger partial charge in [0.25, 0.3) is 5.56 Å². The van der Waals surface area contributed by atoms with Crippen molar-refractivity contribution in [3.8, 4) is 17.3 Å². The summed E-state index contributed by atoms with van der Waals surface area (Å²) in [4.78, 5) is 52.5. The highest BCUT2D eigenvalue weighted by Gasteiger charge is 2.34. The Bertz CT molecular complexity index is 1550. The number of carbonyl (C=O) groups excluding carboxylic acids is 1. The van der Waals surface area contributed by atoms with E-state index in [9.17, 15) is 14.4 Å². The summed E-state index contributed by atoms with van der Waals surface area (Å²) in [5.41, 5.74) is 3.04. The number of fused-ring (bicyclic) bond motifs is 1. The lowest BCUT2D eigenvalue weighted by Crippen LogP contribution is -2.55. The van der Waals surface area contributed by atoms with Crippen LogP contribution in [0.5, 0.6) is 5.75 Å². The number of amides is 1. The van der Waals surface area contributed by atoms with Crippen molar-refractivity contribution in [2.45, 2.75) is 52.0 Å². The van der Waals surface area contributed by atoms with Gasteiger partial charge in [-0.3, -0.25) is 14.2 Å². The number of methoxy groups -OCH3 is 1. The van der Waals surface area contributed by atoms with Crippen LogP contribution in [0.4, 0.5) is 0 Å². The van der Waals surface area contributed by atoms with Gasteiger partial charge >= 0.3 is 5.69 Å². The van der Waals surface area contributed by atoms with Crippen molar-refractivity contribution >= 4 is 17.1 Å². The Morgan fingerprint density at radius 1 is 1.19 bits per heavy atom. The minimum atomic E-state index is -1.66. The van der Waals surface area contributed by atoms with Gasteiger partial charge in [-0.05, 0) is 33.8 Å². The third-order valence-corrected chi connectivity index (χ3v) is 5.92. The van der Waals surface area contributed by atoms with E-state index in [-0.39, 0.29) is 35.4 Å². The Balaban J connectivity index is 2.01. The topological polar surface area (TPSA) is 157 Å².